The number of aliphatic hydroxyl groups excluding tert-OH is 2. The van der Waals surface area contributed by atoms with Crippen LogP contribution in [0.25, 0.3) is 0 Å². The van der Waals surface area contributed by atoms with Crippen molar-refractivity contribution in [2.45, 2.75) is 373 Å². The van der Waals surface area contributed by atoms with Crippen LogP contribution in [-0.4, -0.2) is 47.4 Å². The van der Waals surface area contributed by atoms with E-state index < -0.39 is 12.1 Å². The molecule has 2 unspecified atom stereocenters. The van der Waals surface area contributed by atoms with Crippen LogP contribution in [0.4, 0.5) is 0 Å². The number of rotatable bonds is 62. The predicted octanol–water partition coefficient (Wildman–Crippen LogP) is 21.1. The minimum atomic E-state index is -0.849. The second-order valence-corrected chi connectivity index (χ2v) is 22.8. The van der Waals surface area contributed by atoms with E-state index >= 15 is 0 Å². The summed E-state index contributed by atoms with van der Waals surface area (Å²) in [6.07, 6.45) is 80.6. The minimum absolute atomic E-state index is 0.00948. The van der Waals surface area contributed by atoms with Crippen molar-refractivity contribution >= 4 is 11.9 Å². The van der Waals surface area contributed by atoms with Crippen LogP contribution in [0.1, 0.15) is 361 Å². The Morgan fingerprint density at radius 1 is 0.378 bits per heavy atom. The third-order valence-electron chi connectivity index (χ3n) is 15.4. The molecule has 0 radical (unpaired) electrons. The molecular formula is C68H129NO5. The lowest BCUT2D eigenvalue weighted by Crippen LogP contribution is -2.45. The van der Waals surface area contributed by atoms with Crippen molar-refractivity contribution in [3.05, 3.63) is 36.5 Å². The van der Waals surface area contributed by atoms with Crippen LogP contribution in [-0.2, 0) is 14.3 Å². The van der Waals surface area contributed by atoms with E-state index in [2.05, 4.69) is 43.5 Å². The molecule has 436 valence electrons. The van der Waals surface area contributed by atoms with E-state index in [1.807, 2.05) is 6.08 Å². The van der Waals surface area contributed by atoms with E-state index in [1.165, 1.54) is 289 Å². The Hall–Kier alpha value is -1.92. The van der Waals surface area contributed by atoms with Crippen LogP contribution in [0.2, 0.25) is 0 Å². The van der Waals surface area contributed by atoms with Gasteiger partial charge in [-0.2, -0.15) is 0 Å². The highest BCUT2D eigenvalue weighted by Gasteiger charge is 2.18. The zero-order chi connectivity index (χ0) is 53.6. The maximum absolute atomic E-state index is 12.5. The number of carbonyl (C=O) groups is 2. The molecule has 0 saturated carbocycles. The summed E-state index contributed by atoms with van der Waals surface area (Å²) in [5.41, 5.74) is 0. The average molecular weight is 1040 g/mol. The monoisotopic (exact) mass is 1040 g/mol. The summed E-state index contributed by atoms with van der Waals surface area (Å²) >= 11 is 0. The van der Waals surface area contributed by atoms with Gasteiger partial charge in [0.2, 0.25) is 5.91 Å². The number of nitrogens with one attached hydrogen (secondary N) is 1. The molecule has 74 heavy (non-hydrogen) atoms. The smallest absolute Gasteiger partial charge is 0.305 e. The Morgan fingerprint density at radius 3 is 1.03 bits per heavy atom. The zero-order valence-corrected chi connectivity index (χ0v) is 49.8. The number of hydrogen-bond acceptors (Lipinski definition) is 5. The van der Waals surface area contributed by atoms with Gasteiger partial charge in [-0.25, -0.2) is 0 Å². The topological polar surface area (TPSA) is 95.9 Å². The quantitative estimate of drug-likeness (QED) is 0.0320. The van der Waals surface area contributed by atoms with E-state index in [1.54, 1.807) is 6.08 Å². The van der Waals surface area contributed by atoms with Crippen molar-refractivity contribution in [1.82, 2.24) is 5.32 Å². The third kappa shape index (κ3) is 59.3. The van der Waals surface area contributed by atoms with Crippen molar-refractivity contribution in [2.75, 3.05) is 13.2 Å². The highest BCUT2D eigenvalue weighted by atomic mass is 16.5. The van der Waals surface area contributed by atoms with Crippen LogP contribution in [0, 0.1) is 0 Å². The molecule has 0 saturated heterocycles. The first-order chi connectivity index (χ1) is 36.5. The molecule has 0 aromatic heterocycles. The summed E-state index contributed by atoms with van der Waals surface area (Å²) in [6, 6.07) is -0.633. The van der Waals surface area contributed by atoms with Gasteiger partial charge in [-0.3, -0.25) is 9.59 Å². The van der Waals surface area contributed by atoms with Gasteiger partial charge >= 0.3 is 5.97 Å². The molecule has 0 rings (SSSR count). The van der Waals surface area contributed by atoms with E-state index in [9.17, 15) is 19.8 Å². The number of ether oxygens (including phenoxy) is 1. The van der Waals surface area contributed by atoms with Crippen LogP contribution in [0.5, 0.6) is 0 Å². The Bertz CT molecular complexity index is 1200. The lowest BCUT2D eigenvalue weighted by Gasteiger charge is -2.20. The van der Waals surface area contributed by atoms with Crippen LogP contribution >= 0.6 is 0 Å². The summed E-state index contributed by atoms with van der Waals surface area (Å²) in [5.74, 6) is -0.0617. The van der Waals surface area contributed by atoms with Gasteiger partial charge in [0.15, 0.2) is 0 Å². The van der Waals surface area contributed by atoms with Crippen LogP contribution in [0.15, 0.2) is 36.5 Å². The normalized spacial score (nSPS) is 12.8. The molecule has 0 spiro atoms. The summed E-state index contributed by atoms with van der Waals surface area (Å²) in [4.78, 5) is 24.5. The standard InChI is InChI=1S/C68H129NO5/c1-3-5-7-9-11-13-15-17-18-19-20-28-31-34-37-40-44-48-52-56-60-66(71)65(64-70)69-67(72)61-57-53-49-45-41-38-35-32-29-26-24-22-21-23-25-27-30-33-36-39-43-47-51-55-59-63-74-68(73)62-58-54-50-46-42-16-14-12-10-8-6-4-2/h22-25,56,60,65-66,70-71H,3-21,26-55,57-59,61-64H2,1-2H3,(H,69,72)/b24-22-,25-23-,60-56+. The van der Waals surface area contributed by atoms with Crippen molar-refractivity contribution < 1.29 is 24.5 Å². The van der Waals surface area contributed by atoms with Gasteiger partial charge in [0.25, 0.3) is 0 Å². The maximum Gasteiger partial charge on any atom is 0.305 e. The van der Waals surface area contributed by atoms with Gasteiger partial charge in [0.05, 0.1) is 25.4 Å². The van der Waals surface area contributed by atoms with Gasteiger partial charge in [-0.05, 0) is 64.2 Å². The molecule has 2 atom stereocenters. The zero-order valence-electron chi connectivity index (χ0n) is 49.8. The highest BCUT2D eigenvalue weighted by molar-refractivity contribution is 5.76. The number of unbranched alkanes of at least 4 members (excludes halogenated alkanes) is 47. The molecule has 0 bridgehead atoms. The fourth-order valence-electron chi connectivity index (χ4n) is 10.3. The Labute approximate surface area is 462 Å². The van der Waals surface area contributed by atoms with Crippen LogP contribution < -0.4 is 5.32 Å². The highest BCUT2D eigenvalue weighted by Crippen LogP contribution is 2.18. The number of allylic oxidation sites excluding steroid dienone is 5. The summed E-state index contributed by atoms with van der Waals surface area (Å²) in [7, 11) is 0. The van der Waals surface area contributed by atoms with E-state index in [-0.39, 0.29) is 18.5 Å². The predicted molar refractivity (Wildman–Crippen MR) is 324 cm³/mol. The number of aliphatic hydroxyl groups is 2. The molecule has 0 aromatic rings. The van der Waals surface area contributed by atoms with Gasteiger partial charge in [-0.1, -0.05) is 320 Å². The summed E-state index contributed by atoms with van der Waals surface area (Å²) in [6.45, 7) is 4.92. The minimum Gasteiger partial charge on any atom is -0.466 e. The van der Waals surface area contributed by atoms with E-state index in [4.69, 9.17) is 4.74 Å². The third-order valence-corrected chi connectivity index (χ3v) is 15.4. The molecule has 0 fully saturated rings. The first kappa shape index (κ1) is 72.1. The van der Waals surface area contributed by atoms with Gasteiger partial charge in [0.1, 0.15) is 0 Å². The van der Waals surface area contributed by atoms with Crippen molar-refractivity contribution in [2.24, 2.45) is 0 Å². The second-order valence-electron chi connectivity index (χ2n) is 22.8. The number of esters is 1. The first-order valence-electron chi connectivity index (χ1n) is 33.3. The fraction of sp³-hybridized carbons (Fsp3) is 0.882. The molecule has 0 aliphatic carbocycles. The molecule has 0 aliphatic heterocycles. The van der Waals surface area contributed by atoms with Crippen LogP contribution in [0.3, 0.4) is 0 Å². The first-order valence-corrected chi connectivity index (χ1v) is 33.3. The van der Waals surface area contributed by atoms with Crippen molar-refractivity contribution in [3.63, 3.8) is 0 Å². The Morgan fingerprint density at radius 2 is 0.676 bits per heavy atom. The van der Waals surface area contributed by atoms with Gasteiger partial charge in [0, 0.05) is 12.8 Å². The molecule has 6 heteroatoms. The molecule has 0 aliphatic rings. The van der Waals surface area contributed by atoms with Crippen molar-refractivity contribution in [3.8, 4) is 0 Å². The Balaban J connectivity index is 3.46. The molecule has 0 aromatic carbocycles. The maximum atomic E-state index is 12.5. The lowest BCUT2D eigenvalue weighted by molar-refractivity contribution is -0.143. The molecule has 3 N–H and O–H groups in total. The van der Waals surface area contributed by atoms with E-state index in [0.29, 0.717) is 19.4 Å². The number of amides is 1. The SMILES string of the molecule is CCCCCCCCCCCCCCCCCCCC/C=C/C(O)C(CO)NC(=O)CCCCCCCCCCC/C=C\C/C=C\CCCCCCCCCCCOC(=O)CCCCCCCCCCCCCC. The number of hydrogen-bond donors (Lipinski definition) is 3. The summed E-state index contributed by atoms with van der Waals surface area (Å²) < 4.78 is 5.47. The number of carbonyl (C=O) groups excluding carboxylic acids is 2. The van der Waals surface area contributed by atoms with Crippen molar-refractivity contribution in [1.29, 1.82) is 0 Å². The van der Waals surface area contributed by atoms with Gasteiger partial charge < -0.3 is 20.3 Å². The van der Waals surface area contributed by atoms with E-state index in [0.717, 1.165) is 44.9 Å². The fourth-order valence-corrected chi connectivity index (χ4v) is 10.3. The lowest BCUT2D eigenvalue weighted by atomic mass is 10.0. The second kappa shape index (κ2) is 63.6. The average Bonchev–Trinajstić information content (AvgIpc) is 3.40. The summed E-state index contributed by atoms with van der Waals surface area (Å²) in [5, 5.41) is 23.2. The molecule has 1 amide bonds. The largest absolute Gasteiger partial charge is 0.466 e. The molecule has 0 heterocycles. The molecule has 6 nitrogen and oxygen atoms in total. The molecular weight excluding hydrogens is 911 g/mol. The van der Waals surface area contributed by atoms with Gasteiger partial charge in [-0.15, -0.1) is 0 Å². The Kier molecular flexibility index (Phi) is 62.0.